The lowest BCUT2D eigenvalue weighted by Crippen LogP contribution is -1.93. The van der Waals surface area contributed by atoms with Crippen molar-refractivity contribution in [3.05, 3.63) is 23.8 Å². The van der Waals surface area contributed by atoms with Crippen molar-refractivity contribution in [2.75, 3.05) is 0 Å². The summed E-state index contributed by atoms with van der Waals surface area (Å²) in [6, 6.07) is 0. The number of hydrogen-bond donors (Lipinski definition) is 0. The van der Waals surface area contributed by atoms with E-state index in [9.17, 15) is 4.79 Å². The van der Waals surface area contributed by atoms with Gasteiger partial charge in [-0.25, -0.2) is 0 Å². The Hall–Kier alpha value is -0.850. The van der Waals surface area contributed by atoms with E-state index in [4.69, 9.17) is 0 Å². The van der Waals surface area contributed by atoms with Gasteiger partial charge < -0.3 is 0 Å². The minimum Gasteiger partial charge on any atom is -0.295 e. The number of unbranched alkanes of at least 4 members (excludes halogenated alkanes) is 1. The Kier molecular flexibility index (Phi) is 9.63. The summed E-state index contributed by atoms with van der Waals surface area (Å²) in [6.45, 7) is 10.7. The fourth-order valence-electron chi connectivity index (χ4n) is 1.84. The van der Waals surface area contributed by atoms with E-state index in [-0.39, 0.29) is 5.78 Å². The Bertz CT molecular complexity index is 284. The molecule has 0 aliphatic heterocycles. The standard InChI is InChI=1S/C17H30O/c1-6-17(18)13-16(5)12-11-15(4)10-8-7-9-14(2)3/h11-15H,6-10H2,1-5H3/b12-11+,16-13+. The fraction of sp³-hybridized carbons (Fsp3) is 0.706. The third-order valence-corrected chi connectivity index (χ3v) is 3.12. The molecule has 0 rings (SSSR count). The first-order chi connectivity index (χ1) is 8.45. The average Bonchev–Trinajstić information content (AvgIpc) is 2.31. The Morgan fingerprint density at radius 3 is 2.28 bits per heavy atom. The van der Waals surface area contributed by atoms with E-state index in [1.54, 1.807) is 6.08 Å². The van der Waals surface area contributed by atoms with Gasteiger partial charge in [0.05, 0.1) is 0 Å². The number of rotatable bonds is 9. The number of carbonyl (C=O) groups excluding carboxylic acids is 1. The highest BCUT2D eigenvalue weighted by molar-refractivity contribution is 5.90. The summed E-state index contributed by atoms with van der Waals surface area (Å²) in [4.78, 5) is 11.2. The van der Waals surface area contributed by atoms with Crippen LogP contribution in [0.15, 0.2) is 23.8 Å². The van der Waals surface area contributed by atoms with Crippen LogP contribution < -0.4 is 0 Å². The van der Waals surface area contributed by atoms with Gasteiger partial charge in [0.15, 0.2) is 5.78 Å². The molecule has 0 saturated heterocycles. The van der Waals surface area contributed by atoms with Crippen molar-refractivity contribution < 1.29 is 4.79 Å². The van der Waals surface area contributed by atoms with Gasteiger partial charge in [-0.3, -0.25) is 4.79 Å². The van der Waals surface area contributed by atoms with Gasteiger partial charge in [0.25, 0.3) is 0 Å². The summed E-state index contributed by atoms with van der Waals surface area (Å²) in [5, 5.41) is 0. The maximum Gasteiger partial charge on any atom is 0.155 e. The molecule has 0 aromatic heterocycles. The highest BCUT2D eigenvalue weighted by atomic mass is 16.1. The zero-order valence-electron chi connectivity index (χ0n) is 12.8. The first-order valence-corrected chi connectivity index (χ1v) is 7.35. The third-order valence-electron chi connectivity index (χ3n) is 3.12. The molecule has 0 spiro atoms. The van der Waals surface area contributed by atoms with Crippen molar-refractivity contribution in [2.45, 2.75) is 66.7 Å². The normalized spacial score (nSPS) is 14.4. The maximum absolute atomic E-state index is 11.2. The van der Waals surface area contributed by atoms with E-state index in [1.165, 1.54) is 25.7 Å². The van der Waals surface area contributed by atoms with Crippen LogP contribution in [-0.4, -0.2) is 5.78 Å². The second kappa shape index (κ2) is 10.1. The summed E-state index contributed by atoms with van der Waals surface area (Å²) < 4.78 is 0. The highest BCUT2D eigenvalue weighted by Gasteiger charge is 1.99. The second-order valence-electron chi connectivity index (χ2n) is 5.72. The monoisotopic (exact) mass is 250 g/mol. The van der Waals surface area contributed by atoms with E-state index in [1.807, 2.05) is 13.8 Å². The first kappa shape index (κ1) is 17.2. The van der Waals surface area contributed by atoms with Gasteiger partial charge >= 0.3 is 0 Å². The van der Waals surface area contributed by atoms with E-state index in [0.717, 1.165) is 11.5 Å². The molecule has 0 aromatic carbocycles. The van der Waals surface area contributed by atoms with Gasteiger partial charge in [0, 0.05) is 6.42 Å². The van der Waals surface area contributed by atoms with Crippen molar-refractivity contribution in [1.82, 2.24) is 0 Å². The smallest absolute Gasteiger partial charge is 0.155 e. The molecule has 0 saturated carbocycles. The minimum atomic E-state index is 0.210. The maximum atomic E-state index is 11.2. The van der Waals surface area contributed by atoms with Crippen LogP contribution in [0.1, 0.15) is 66.7 Å². The molecule has 0 amide bonds. The fourth-order valence-corrected chi connectivity index (χ4v) is 1.84. The van der Waals surface area contributed by atoms with Crippen LogP contribution in [0.5, 0.6) is 0 Å². The Morgan fingerprint density at radius 2 is 1.72 bits per heavy atom. The van der Waals surface area contributed by atoms with Crippen LogP contribution in [0.2, 0.25) is 0 Å². The molecule has 0 aliphatic rings. The summed E-state index contributed by atoms with van der Waals surface area (Å²) >= 11 is 0. The van der Waals surface area contributed by atoms with Gasteiger partial charge in [-0.15, -0.1) is 0 Å². The number of hydrogen-bond acceptors (Lipinski definition) is 1. The van der Waals surface area contributed by atoms with Gasteiger partial charge in [-0.2, -0.15) is 0 Å². The molecule has 0 heterocycles. The molecule has 1 heteroatoms. The van der Waals surface area contributed by atoms with Crippen LogP contribution in [-0.2, 0) is 4.79 Å². The topological polar surface area (TPSA) is 17.1 Å². The van der Waals surface area contributed by atoms with Gasteiger partial charge in [0.1, 0.15) is 0 Å². The molecule has 0 N–H and O–H groups in total. The third kappa shape index (κ3) is 10.3. The molecule has 0 bridgehead atoms. The zero-order chi connectivity index (χ0) is 14.0. The molecule has 0 aromatic rings. The van der Waals surface area contributed by atoms with Crippen molar-refractivity contribution in [3.63, 3.8) is 0 Å². The molecule has 1 unspecified atom stereocenters. The van der Waals surface area contributed by atoms with Gasteiger partial charge in [-0.1, -0.05) is 59.1 Å². The van der Waals surface area contributed by atoms with Crippen molar-refractivity contribution in [3.8, 4) is 0 Å². The summed E-state index contributed by atoms with van der Waals surface area (Å²) in [5.41, 5.74) is 1.07. The molecule has 104 valence electrons. The number of carbonyl (C=O) groups is 1. The molecular weight excluding hydrogens is 220 g/mol. The molecule has 1 nitrogen and oxygen atoms in total. The van der Waals surface area contributed by atoms with Crippen molar-refractivity contribution in [2.24, 2.45) is 11.8 Å². The number of ketones is 1. The quantitative estimate of drug-likeness (QED) is 0.307. The molecule has 0 fully saturated rings. The average molecular weight is 250 g/mol. The Balaban J connectivity index is 3.89. The van der Waals surface area contributed by atoms with Crippen molar-refractivity contribution >= 4 is 5.78 Å². The lowest BCUT2D eigenvalue weighted by Gasteiger charge is -2.07. The molecule has 0 aliphatic carbocycles. The Morgan fingerprint density at radius 1 is 1.11 bits per heavy atom. The van der Waals surface area contributed by atoms with Gasteiger partial charge in [0.2, 0.25) is 0 Å². The van der Waals surface area contributed by atoms with E-state index >= 15 is 0 Å². The lowest BCUT2D eigenvalue weighted by atomic mass is 9.99. The SMILES string of the molecule is CCC(=O)/C=C(C)/C=C/C(C)CCCCC(C)C. The molecule has 18 heavy (non-hydrogen) atoms. The van der Waals surface area contributed by atoms with Crippen LogP contribution in [0.4, 0.5) is 0 Å². The predicted octanol–water partition coefficient (Wildman–Crippen LogP) is 5.32. The molecular formula is C17H30O. The van der Waals surface area contributed by atoms with Crippen molar-refractivity contribution in [1.29, 1.82) is 0 Å². The minimum absolute atomic E-state index is 0.210. The lowest BCUT2D eigenvalue weighted by molar-refractivity contribution is -0.114. The van der Waals surface area contributed by atoms with E-state index < -0.39 is 0 Å². The predicted molar refractivity (Wildman–Crippen MR) is 80.7 cm³/mol. The van der Waals surface area contributed by atoms with Crippen LogP contribution >= 0.6 is 0 Å². The Labute approximate surface area is 113 Å². The highest BCUT2D eigenvalue weighted by Crippen LogP contribution is 2.14. The number of allylic oxidation sites excluding steroid dienone is 4. The second-order valence-corrected chi connectivity index (χ2v) is 5.72. The molecule has 1 atom stereocenters. The zero-order valence-corrected chi connectivity index (χ0v) is 12.8. The van der Waals surface area contributed by atoms with E-state index in [0.29, 0.717) is 12.3 Å². The van der Waals surface area contributed by atoms with Gasteiger partial charge in [-0.05, 0) is 36.8 Å². The van der Waals surface area contributed by atoms with Crippen LogP contribution in [0.25, 0.3) is 0 Å². The summed E-state index contributed by atoms with van der Waals surface area (Å²) in [6.07, 6.45) is 11.9. The largest absolute Gasteiger partial charge is 0.295 e. The summed E-state index contributed by atoms with van der Waals surface area (Å²) in [5.74, 6) is 1.64. The molecule has 0 radical (unpaired) electrons. The van der Waals surface area contributed by atoms with Crippen LogP contribution in [0, 0.1) is 11.8 Å². The summed E-state index contributed by atoms with van der Waals surface area (Å²) in [7, 11) is 0. The van der Waals surface area contributed by atoms with Crippen LogP contribution in [0.3, 0.4) is 0 Å². The first-order valence-electron chi connectivity index (χ1n) is 7.35. The van der Waals surface area contributed by atoms with E-state index in [2.05, 4.69) is 32.9 Å².